The molecule has 3 aromatic heterocycles. The predicted octanol–water partition coefficient (Wildman–Crippen LogP) is 3.90. The molecule has 0 bridgehead atoms. The SMILES string of the molecule is CC(NC(=O)c1c(N)nn2cccnc12)c1nc2cccc(C#Cc3ccccc3)c2c(=O)n1-c1ccccc1. The molecule has 1 atom stereocenters. The van der Waals surface area contributed by atoms with Gasteiger partial charge in [-0.15, -0.1) is 5.10 Å². The largest absolute Gasteiger partial charge is 0.381 e. The summed E-state index contributed by atoms with van der Waals surface area (Å²) >= 11 is 0. The minimum atomic E-state index is -0.679. The van der Waals surface area contributed by atoms with Gasteiger partial charge in [0, 0.05) is 23.5 Å². The summed E-state index contributed by atoms with van der Waals surface area (Å²) < 4.78 is 2.96. The van der Waals surface area contributed by atoms with E-state index in [0.717, 1.165) is 5.56 Å². The van der Waals surface area contributed by atoms with Crippen molar-refractivity contribution in [3.05, 3.63) is 130 Å². The second-order valence-electron chi connectivity index (χ2n) is 9.11. The lowest BCUT2D eigenvalue weighted by atomic mass is 10.1. The molecular weight excluding hydrogens is 502 g/mol. The second kappa shape index (κ2) is 10.2. The van der Waals surface area contributed by atoms with Crippen LogP contribution in [0.15, 0.2) is 102 Å². The summed E-state index contributed by atoms with van der Waals surface area (Å²) in [5.74, 6) is 6.20. The quantitative estimate of drug-likeness (QED) is 0.337. The second-order valence-corrected chi connectivity index (χ2v) is 9.11. The smallest absolute Gasteiger partial charge is 0.267 e. The molecule has 194 valence electrons. The van der Waals surface area contributed by atoms with Crippen LogP contribution in [0.3, 0.4) is 0 Å². The standard InChI is InChI=1S/C31H23N7O2/c1-20(34-30(39)26-27(32)36-37-19-9-18-33-29(26)37)28-35-24-15-8-12-22(17-16-21-10-4-2-5-11-21)25(24)31(40)38(28)23-13-6-3-7-14-23/h2-15,18-20H,1H3,(H2,32,36)(H,34,39). The number of amides is 1. The third-order valence-corrected chi connectivity index (χ3v) is 6.44. The van der Waals surface area contributed by atoms with Crippen molar-refractivity contribution in [2.45, 2.75) is 13.0 Å². The molecule has 0 saturated carbocycles. The molecule has 0 aliphatic carbocycles. The zero-order valence-corrected chi connectivity index (χ0v) is 21.4. The van der Waals surface area contributed by atoms with E-state index in [1.165, 1.54) is 9.08 Å². The van der Waals surface area contributed by atoms with Gasteiger partial charge >= 0.3 is 0 Å². The molecule has 40 heavy (non-hydrogen) atoms. The Kier molecular flexibility index (Phi) is 6.26. The van der Waals surface area contributed by atoms with Crippen LogP contribution < -0.4 is 16.6 Å². The monoisotopic (exact) mass is 525 g/mol. The highest BCUT2D eigenvalue weighted by atomic mass is 16.2. The first kappa shape index (κ1) is 24.6. The van der Waals surface area contributed by atoms with Gasteiger partial charge in [-0.05, 0) is 49.4 Å². The van der Waals surface area contributed by atoms with Crippen molar-refractivity contribution in [1.82, 2.24) is 29.5 Å². The lowest BCUT2D eigenvalue weighted by Gasteiger charge is -2.20. The van der Waals surface area contributed by atoms with E-state index in [0.29, 0.717) is 33.6 Å². The number of fused-ring (bicyclic) bond motifs is 2. The molecule has 0 aliphatic heterocycles. The number of benzene rings is 3. The summed E-state index contributed by atoms with van der Waals surface area (Å²) in [4.78, 5) is 36.6. The van der Waals surface area contributed by atoms with Gasteiger partial charge in [-0.3, -0.25) is 14.2 Å². The van der Waals surface area contributed by atoms with E-state index in [9.17, 15) is 9.59 Å². The highest BCUT2D eigenvalue weighted by molar-refractivity contribution is 6.04. The highest BCUT2D eigenvalue weighted by Crippen LogP contribution is 2.22. The number of carbonyl (C=O) groups excluding carboxylic acids is 1. The Balaban J connectivity index is 1.48. The first-order chi connectivity index (χ1) is 19.5. The van der Waals surface area contributed by atoms with Crippen LogP contribution in [0.25, 0.3) is 22.2 Å². The molecule has 9 heteroatoms. The van der Waals surface area contributed by atoms with Crippen LogP contribution in [-0.2, 0) is 0 Å². The highest BCUT2D eigenvalue weighted by Gasteiger charge is 2.24. The average Bonchev–Trinajstić information content (AvgIpc) is 3.32. The number of nitrogens with two attached hydrogens (primary N) is 1. The normalized spacial score (nSPS) is 11.6. The number of hydrogen-bond donors (Lipinski definition) is 2. The van der Waals surface area contributed by atoms with Crippen LogP contribution in [0.1, 0.15) is 40.3 Å². The van der Waals surface area contributed by atoms with Crippen LogP contribution in [0.2, 0.25) is 0 Å². The number of nitrogens with one attached hydrogen (secondary N) is 1. The van der Waals surface area contributed by atoms with Crippen LogP contribution >= 0.6 is 0 Å². The maximum absolute atomic E-state index is 14.1. The molecule has 0 aliphatic rings. The number of hydrogen-bond acceptors (Lipinski definition) is 6. The van der Waals surface area contributed by atoms with Gasteiger partial charge in [0.05, 0.1) is 22.6 Å². The minimum absolute atomic E-state index is 0.0527. The van der Waals surface area contributed by atoms with Crippen molar-refractivity contribution in [3.8, 4) is 17.5 Å². The maximum atomic E-state index is 14.1. The molecule has 1 unspecified atom stereocenters. The van der Waals surface area contributed by atoms with Gasteiger partial charge in [-0.25, -0.2) is 14.5 Å². The minimum Gasteiger partial charge on any atom is -0.381 e. The molecule has 3 heterocycles. The third kappa shape index (κ3) is 4.44. The van der Waals surface area contributed by atoms with Crippen LogP contribution in [0.5, 0.6) is 0 Å². The van der Waals surface area contributed by atoms with Crippen molar-refractivity contribution < 1.29 is 4.79 Å². The number of rotatable bonds is 4. The maximum Gasteiger partial charge on any atom is 0.267 e. The van der Waals surface area contributed by atoms with E-state index in [-0.39, 0.29) is 16.9 Å². The van der Waals surface area contributed by atoms with E-state index >= 15 is 0 Å². The topological polar surface area (TPSA) is 120 Å². The Morgan fingerprint density at radius 3 is 2.48 bits per heavy atom. The van der Waals surface area contributed by atoms with Gasteiger partial charge in [0.25, 0.3) is 11.5 Å². The average molecular weight is 526 g/mol. The number of nitrogen functional groups attached to an aromatic ring is 1. The van der Waals surface area contributed by atoms with Gasteiger partial charge in [-0.1, -0.05) is 54.3 Å². The van der Waals surface area contributed by atoms with Crippen molar-refractivity contribution >= 4 is 28.3 Å². The van der Waals surface area contributed by atoms with Crippen LogP contribution in [0, 0.1) is 11.8 Å². The third-order valence-electron chi connectivity index (χ3n) is 6.44. The fourth-order valence-corrected chi connectivity index (χ4v) is 4.58. The summed E-state index contributed by atoms with van der Waals surface area (Å²) in [6, 6.07) is 25.2. The fraction of sp³-hybridized carbons (Fsp3) is 0.0645. The van der Waals surface area contributed by atoms with Crippen molar-refractivity contribution in [2.75, 3.05) is 5.73 Å². The Labute approximate surface area is 228 Å². The molecule has 1 amide bonds. The van der Waals surface area contributed by atoms with E-state index in [1.54, 1.807) is 31.5 Å². The molecule has 3 N–H and O–H groups in total. The molecule has 0 spiro atoms. The van der Waals surface area contributed by atoms with Gasteiger partial charge in [0.1, 0.15) is 11.4 Å². The van der Waals surface area contributed by atoms with Gasteiger partial charge in [0.15, 0.2) is 11.5 Å². The zero-order chi connectivity index (χ0) is 27.6. The summed E-state index contributed by atoms with van der Waals surface area (Å²) in [5, 5.41) is 7.50. The van der Waals surface area contributed by atoms with Gasteiger partial charge in [-0.2, -0.15) is 0 Å². The summed E-state index contributed by atoms with van der Waals surface area (Å²) in [6.45, 7) is 1.76. The van der Waals surface area contributed by atoms with E-state index in [4.69, 9.17) is 10.7 Å². The zero-order valence-electron chi connectivity index (χ0n) is 21.4. The van der Waals surface area contributed by atoms with Crippen molar-refractivity contribution in [1.29, 1.82) is 0 Å². The number of nitrogens with zero attached hydrogens (tertiary/aromatic N) is 5. The Morgan fingerprint density at radius 1 is 0.950 bits per heavy atom. The lowest BCUT2D eigenvalue weighted by molar-refractivity contribution is 0.0940. The van der Waals surface area contributed by atoms with Crippen LogP contribution in [0.4, 0.5) is 5.82 Å². The summed E-state index contributed by atoms with van der Waals surface area (Å²) in [5.41, 5.74) is 8.75. The van der Waals surface area contributed by atoms with Gasteiger partial charge in [0.2, 0.25) is 0 Å². The molecule has 9 nitrogen and oxygen atoms in total. The number of anilines is 1. The Bertz CT molecular complexity index is 2000. The summed E-state index contributed by atoms with van der Waals surface area (Å²) in [7, 11) is 0. The van der Waals surface area contributed by atoms with E-state index < -0.39 is 11.9 Å². The number of carbonyl (C=O) groups is 1. The lowest BCUT2D eigenvalue weighted by Crippen LogP contribution is -2.33. The fourth-order valence-electron chi connectivity index (χ4n) is 4.58. The first-order valence-corrected chi connectivity index (χ1v) is 12.6. The Hall–Kier alpha value is -5.75. The van der Waals surface area contributed by atoms with Crippen molar-refractivity contribution in [2.24, 2.45) is 0 Å². The molecule has 6 aromatic rings. The first-order valence-electron chi connectivity index (χ1n) is 12.6. The molecule has 0 radical (unpaired) electrons. The molecule has 6 rings (SSSR count). The molecular formula is C31H23N7O2. The summed E-state index contributed by atoms with van der Waals surface area (Å²) in [6.07, 6.45) is 3.22. The molecule has 0 fully saturated rings. The van der Waals surface area contributed by atoms with Crippen molar-refractivity contribution in [3.63, 3.8) is 0 Å². The van der Waals surface area contributed by atoms with Gasteiger partial charge < -0.3 is 11.1 Å². The number of para-hydroxylation sites is 1. The van der Waals surface area contributed by atoms with E-state index in [1.807, 2.05) is 72.8 Å². The van der Waals surface area contributed by atoms with E-state index in [2.05, 4.69) is 27.2 Å². The molecule has 3 aromatic carbocycles. The Morgan fingerprint density at radius 2 is 1.70 bits per heavy atom. The number of aromatic nitrogens is 5. The van der Waals surface area contributed by atoms with Crippen LogP contribution in [-0.4, -0.2) is 30.1 Å². The molecule has 0 saturated heterocycles. The predicted molar refractivity (Wildman–Crippen MR) is 153 cm³/mol.